The SMILES string of the molecule is Cc1cccc(C(C)C)c1NC(=O)NCC1(O)CCC1. The monoisotopic (exact) mass is 276 g/mol. The fourth-order valence-corrected chi connectivity index (χ4v) is 2.51. The van der Waals surface area contributed by atoms with Gasteiger partial charge in [-0.15, -0.1) is 0 Å². The van der Waals surface area contributed by atoms with E-state index < -0.39 is 5.60 Å². The Morgan fingerprint density at radius 2 is 2.10 bits per heavy atom. The Morgan fingerprint density at radius 1 is 1.40 bits per heavy atom. The van der Waals surface area contributed by atoms with Gasteiger partial charge in [-0.1, -0.05) is 32.0 Å². The fraction of sp³-hybridized carbons (Fsp3) is 0.562. The van der Waals surface area contributed by atoms with Crippen molar-refractivity contribution in [2.24, 2.45) is 0 Å². The van der Waals surface area contributed by atoms with Crippen LogP contribution in [0.15, 0.2) is 18.2 Å². The van der Waals surface area contributed by atoms with Crippen LogP contribution in [0.3, 0.4) is 0 Å². The molecule has 2 amide bonds. The summed E-state index contributed by atoms with van der Waals surface area (Å²) in [6, 6.07) is 5.78. The molecule has 0 atom stereocenters. The summed E-state index contributed by atoms with van der Waals surface area (Å²) in [5.41, 5.74) is 2.36. The van der Waals surface area contributed by atoms with Gasteiger partial charge in [-0.3, -0.25) is 0 Å². The van der Waals surface area contributed by atoms with Gasteiger partial charge in [0.2, 0.25) is 0 Å². The van der Waals surface area contributed by atoms with Crippen LogP contribution >= 0.6 is 0 Å². The van der Waals surface area contributed by atoms with Gasteiger partial charge in [0.15, 0.2) is 0 Å². The summed E-state index contributed by atoms with van der Waals surface area (Å²) in [5.74, 6) is 0.348. The summed E-state index contributed by atoms with van der Waals surface area (Å²) < 4.78 is 0. The van der Waals surface area contributed by atoms with Gasteiger partial charge in [0.1, 0.15) is 0 Å². The van der Waals surface area contributed by atoms with Gasteiger partial charge in [0, 0.05) is 12.2 Å². The Hall–Kier alpha value is -1.55. The van der Waals surface area contributed by atoms with Crippen LogP contribution in [-0.4, -0.2) is 23.3 Å². The average molecular weight is 276 g/mol. The summed E-state index contributed by atoms with van der Waals surface area (Å²) in [4.78, 5) is 12.0. The highest BCUT2D eigenvalue weighted by molar-refractivity contribution is 5.91. The van der Waals surface area contributed by atoms with Gasteiger partial charge in [-0.25, -0.2) is 4.79 Å². The lowest BCUT2D eigenvalue weighted by Gasteiger charge is -2.36. The van der Waals surface area contributed by atoms with Crippen LogP contribution in [0, 0.1) is 6.92 Å². The first kappa shape index (κ1) is 14.9. The first-order valence-electron chi connectivity index (χ1n) is 7.28. The van der Waals surface area contributed by atoms with E-state index in [0.717, 1.165) is 36.1 Å². The molecule has 0 unspecified atom stereocenters. The van der Waals surface area contributed by atoms with Gasteiger partial charge < -0.3 is 15.7 Å². The maximum absolute atomic E-state index is 12.0. The number of hydrogen-bond acceptors (Lipinski definition) is 2. The topological polar surface area (TPSA) is 61.4 Å². The number of aliphatic hydroxyl groups is 1. The van der Waals surface area contributed by atoms with Crippen LogP contribution in [0.2, 0.25) is 0 Å². The van der Waals surface area contributed by atoms with Crippen LogP contribution in [-0.2, 0) is 0 Å². The molecule has 0 aliphatic heterocycles. The lowest BCUT2D eigenvalue weighted by molar-refractivity contribution is -0.0287. The van der Waals surface area contributed by atoms with E-state index in [9.17, 15) is 9.90 Å². The van der Waals surface area contributed by atoms with Crippen LogP contribution in [0.4, 0.5) is 10.5 Å². The predicted octanol–water partition coefficient (Wildman–Crippen LogP) is 3.15. The van der Waals surface area contributed by atoms with Crippen molar-refractivity contribution in [2.75, 3.05) is 11.9 Å². The zero-order chi connectivity index (χ0) is 14.8. The van der Waals surface area contributed by atoms with E-state index in [4.69, 9.17) is 0 Å². The molecule has 0 spiro atoms. The van der Waals surface area contributed by atoms with E-state index in [0.29, 0.717) is 12.5 Å². The molecule has 0 radical (unpaired) electrons. The van der Waals surface area contributed by atoms with Crippen molar-refractivity contribution in [1.82, 2.24) is 5.32 Å². The molecule has 1 fully saturated rings. The predicted molar refractivity (Wildman–Crippen MR) is 81.1 cm³/mol. The largest absolute Gasteiger partial charge is 0.388 e. The normalized spacial score (nSPS) is 16.6. The second-order valence-electron chi connectivity index (χ2n) is 6.08. The molecule has 20 heavy (non-hydrogen) atoms. The molecule has 4 heteroatoms. The minimum absolute atomic E-state index is 0.249. The summed E-state index contributed by atoms with van der Waals surface area (Å²) in [6.07, 6.45) is 2.58. The van der Waals surface area contributed by atoms with Crippen molar-refractivity contribution in [2.45, 2.75) is 51.6 Å². The molecular formula is C16H24N2O2. The lowest BCUT2D eigenvalue weighted by Crippen LogP contribution is -2.48. The highest BCUT2D eigenvalue weighted by atomic mass is 16.3. The zero-order valence-electron chi connectivity index (χ0n) is 12.5. The third kappa shape index (κ3) is 3.31. The second-order valence-corrected chi connectivity index (χ2v) is 6.08. The van der Waals surface area contributed by atoms with Crippen molar-refractivity contribution < 1.29 is 9.90 Å². The molecule has 0 bridgehead atoms. The van der Waals surface area contributed by atoms with Crippen LogP contribution in [0.25, 0.3) is 0 Å². The highest BCUT2D eigenvalue weighted by Gasteiger charge is 2.34. The molecule has 1 aromatic carbocycles. The Morgan fingerprint density at radius 3 is 2.65 bits per heavy atom. The number of urea groups is 1. The Bertz CT molecular complexity index is 493. The molecule has 1 saturated carbocycles. The average Bonchev–Trinajstić information content (AvgIpc) is 2.36. The molecule has 4 nitrogen and oxygen atoms in total. The molecule has 1 aromatic rings. The molecule has 3 N–H and O–H groups in total. The maximum Gasteiger partial charge on any atom is 0.319 e. The minimum atomic E-state index is -0.691. The van der Waals surface area contributed by atoms with Crippen molar-refractivity contribution >= 4 is 11.7 Å². The van der Waals surface area contributed by atoms with Crippen LogP contribution in [0.1, 0.15) is 50.2 Å². The second kappa shape index (κ2) is 5.83. The van der Waals surface area contributed by atoms with Gasteiger partial charge >= 0.3 is 6.03 Å². The van der Waals surface area contributed by atoms with Gasteiger partial charge in [0.05, 0.1) is 5.60 Å². The third-order valence-corrected chi connectivity index (χ3v) is 4.03. The van der Waals surface area contributed by atoms with E-state index in [2.05, 4.69) is 24.5 Å². The van der Waals surface area contributed by atoms with Crippen molar-refractivity contribution in [3.05, 3.63) is 29.3 Å². The van der Waals surface area contributed by atoms with Crippen molar-refractivity contribution in [3.63, 3.8) is 0 Å². The molecule has 0 heterocycles. The first-order chi connectivity index (χ1) is 9.41. The quantitative estimate of drug-likeness (QED) is 0.791. The van der Waals surface area contributed by atoms with Crippen LogP contribution < -0.4 is 10.6 Å². The number of amides is 2. The molecule has 0 saturated heterocycles. The minimum Gasteiger partial charge on any atom is -0.388 e. The van der Waals surface area contributed by atoms with Gasteiger partial charge in [0.25, 0.3) is 0 Å². The highest BCUT2D eigenvalue weighted by Crippen LogP contribution is 2.31. The number of rotatable bonds is 4. The van der Waals surface area contributed by atoms with E-state index in [1.807, 2.05) is 25.1 Å². The van der Waals surface area contributed by atoms with Gasteiger partial charge in [-0.05, 0) is 43.2 Å². The zero-order valence-corrected chi connectivity index (χ0v) is 12.5. The summed E-state index contributed by atoms with van der Waals surface area (Å²) in [6.45, 7) is 6.52. The number of nitrogens with one attached hydrogen (secondary N) is 2. The van der Waals surface area contributed by atoms with E-state index in [-0.39, 0.29) is 6.03 Å². The van der Waals surface area contributed by atoms with Crippen molar-refractivity contribution in [3.8, 4) is 0 Å². The number of carbonyl (C=O) groups is 1. The Labute approximate surface area is 120 Å². The first-order valence-corrected chi connectivity index (χ1v) is 7.28. The number of carbonyl (C=O) groups excluding carboxylic acids is 1. The molecule has 0 aromatic heterocycles. The van der Waals surface area contributed by atoms with Gasteiger partial charge in [-0.2, -0.15) is 0 Å². The fourth-order valence-electron chi connectivity index (χ4n) is 2.51. The number of para-hydroxylation sites is 1. The number of benzene rings is 1. The Kier molecular flexibility index (Phi) is 4.33. The number of aryl methyl sites for hydroxylation is 1. The molecule has 2 rings (SSSR count). The van der Waals surface area contributed by atoms with E-state index in [1.54, 1.807) is 0 Å². The molecule has 1 aliphatic carbocycles. The lowest BCUT2D eigenvalue weighted by atomic mass is 9.80. The summed E-state index contributed by atoms with van der Waals surface area (Å²) in [7, 11) is 0. The summed E-state index contributed by atoms with van der Waals surface area (Å²) in [5, 5.41) is 15.7. The molecule has 1 aliphatic rings. The maximum atomic E-state index is 12.0. The van der Waals surface area contributed by atoms with E-state index >= 15 is 0 Å². The molecule has 110 valence electrons. The molecular weight excluding hydrogens is 252 g/mol. The van der Waals surface area contributed by atoms with Crippen molar-refractivity contribution in [1.29, 1.82) is 0 Å². The smallest absolute Gasteiger partial charge is 0.319 e. The number of hydrogen-bond donors (Lipinski definition) is 3. The number of anilines is 1. The third-order valence-electron chi connectivity index (χ3n) is 4.03. The van der Waals surface area contributed by atoms with E-state index in [1.165, 1.54) is 0 Å². The van der Waals surface area contributed by atoms with Crippen LogP contribution in [0.5, 0.6) is 0 Å². The Balaban J connectivity index is 2.00. The standard InChI is InChI=1S/C16H24N2O2/c1-11(2)13-7-4-6-12(3)14(13)18-15(19)17-10-16(20)8-5-9-16/h4,6-7,11,20H,5,8-10H2,1-3H3,(H2,17,18,19). The summed E-state index contributed by atoms with van der Waals surface area (Å²) >= 11 is 0.